The average Bonchev–Trinajstić information content (AvgIpc) is 2.87. The Morgan fingerprint density at radius 1 is 0.973 bits per heavy atom. The average molecular weight is 522 g/mol. The number of aliphatic hydroxyl groups excluding tert-OH is 1. The molecule has 3 amide bonds. The number of carbonyl (C=O) groups is 4. The number of aliphatic carboxylic acids is 1. The number of carboxylic acids is 1. The van der Waals surface area contributed by atoms with Gasteiger partial charge in [0.1, 0.15) is 24.2 Å². The molecule has 0 aliphatic rings. The van der Waals surface area contributed by atoms with Crippen LogP contribution in [-0.4, -0.2) is 77.2 Å². The van der Waals surface area contributed by atoms with Crippen LogP contribution in [0, 0.1) is 5.92 Å². The van der Waals surface area contributed by atoms with Gasteiger partial charge in [-0.25, -0.2) is 4.79 Å². The van der Waals surface area contributed by atoms with Crippen LogP contribution in [0.15, 0.2) is 35.3 Å². The van der Waals surface area contributed by atoms with Gasteiger partial charge in [-0.05, 0) is 24.3 Å². The summed E-state index contributed by atoms with van der Waals surface area (Å²) in [5.74, 6) is -3.73. The molecular weight excluding hydrogens is 482 g/mol. The third-order valence-electron chi connectivity index (χ3n) is 5.80. The minimum Gasteiger partial charge on any atom is -0.480 e. The van der Waals surface area contributed by atoms with Gasteiger partial charge in [0, 0.05) is 13.0 Å². The first-order chi connectivity index (χ1) is 17.5. The maximum absolute atomic E-state index is 13.2. The molecule has 11 N–H and O–H groups in total. The zero-order valence-corrected chi connectivity index (χ0v) is 21.2. The highest BCUT2D eigenvalue weighted by Crippen LogP contribution is 2.11. The van der Waals surface area contributed by atoms with Crippen LogP contribution in [0.5, 0.6) is 0 Å². The molecule has 13 heteroatoms. The molecule has 0 aromatic heterocycles. The van der Waals surface area contributed by atoms with Crippen LogP contribution < -0.4 is 33.2 Å². The topological polar surface area (TPSA) is 235 Å². The van der Waals surface area contributed by atoms with Crippen molar-refractivity contribution in [1.29, 1.82) is 0 Å². The zero-order valence-electron chi connectivity index (χ0n) is 21.2. The number of guanidine groups is 1. The summed E-state index contributed by atoms with van der Waals surface area (Å²) in [5.41, 5.74) is 16.9. The number of nitrogens with two attached hydrogens (primary N) is 3. The number of nitrogens with zero attached hydrogens (tertiary/aromatic N) is 1. The summed E-state index contributed by atoms with van der Waals surface area (Å²) < 4.78 is 0. The van der Waals surface area contributed by atoms with Crippen molar-refractivity contribution < 1.29 is 29.4 Å². The fourth-order valence-corrected chi connectivity index (χ4v) is 3.40. The Morgan fingerprint density at radius 2 is 1.59 bits per heavy atom. The minimum absolute atomic E-state index is 0.0639. The fraction of sp³-hybridized carbons (Fsp3) is 0.542. The predicted octanol–water partition coefficient (Wildman–Crippen LogP) is -1.81. The molecule has 0 bridgehead atoms. The van der Waals surface area contributed by atoms with Gasteiger partial charge in [-0.3, -0.25) is 19.4 Å². The summed E-state index contributed by atoms with van der Waals surface area (Å²) in [7, 11) is 0. The molecule has 1 rings (SSSR count). The summed E-state index contributed by atoms with van der Waals surface area (Å²) >= 11 is 0. The molecule has 0 heterocycles. The zero-order chi connectivity index (χ0) is 28.0. The van der Waals surface area contributed by atoms with Crippen LogP contribution in [-0.2, 0) is 25.6 Å². The van der Waals surface area contributed by atoms with Crippen LogP contribution in [0.4, 0.5) is 0 Å². The van der Waals surface area contributed by atoms with E-state index in [4.69, 9.17) is 22.3 Å². The van der Waals surface area contributed by atoms with Crippen molar-refractivity contribution >= 4 is 29.7 Å². The Balaban J connectivity index is 3.10. The molecule has 0 saturated heterocycles. The van der Waals surface area contributed by atoms with Gasteiger partial charge in [0.25, 0.3) is 0 Å². The van der Waals surface area contributed by atoms with E-state index in [0.717, 1.165) is 5.56 Å². The lowest BCUT2D eigenvalue weighted by Crippen LogP contribution is -2.59. The van der Waals surface area contributed by atoms with Gasteiger partial charge in [-0.1, -0.05) is 50.6 Å². The molecule has 37 heavy (non-hydrogen) atoms. The van der Waals surface area contributed by atoms with E-state index in [1.54, 1.807) is 37.3 Å². The van der Waals surface area contributed by atoms with Gasteiger partial charge in [-0.2, -0.15) is 0 Å². The van der Waals surface area contributed by atoms with Crippen LogP contribution in [0.2, 0.25) is 0 Å². The quantitative estimate of drug-likeness (QED) is 0.0694. The van der Waals surface area contributed by atoms with E-state index in [9.17, 15) is 24.3 Å². The molecule has 1 aromatic rings. The number of benzene rings is 1. The molecule has 0 aliphatic carbocycles. The van der Waals surface area contributed by atoms with E-state index in [0.29, 0.717) is 12.8 Å². The third-order valence-corrected chi connectivity index (χ3v) is 5.80. The second-order valence-electron chi connectivity index (χ2n) is 8.76. The molecule has 0 aliphatic heterocycles. The molecule has 0 fully saturated rings. The van der Waals surface area contributed by atoms with Crippen LogP contribution in [0.25, 0.3) is 0 Å². The number of rotatable bonds is 16. The first-order valence-corrected chi connectivity index (χ1v) is 12.1. The van der Waals surface area contributed by atoms with Crippen molar-refractivity contribution in [2.24, 2.45) is 28.1 Å². The highest BCUT2D eigenvalue weighted by molar-refractivity contribution is 5.94. The summed E-state index contributed by atoms with van der Waals surface area (Å²) in [6.45, 7) is 3.17. The monoisotopic (exact) mass is 521 g/mol. The van der Waals surface area contributed by atoms with Crippen molar-refractivity contribution in [3.63, 3.8) is 0 Å². The normalized spacial score (nSPS) is 14.8. The van der Waals surface area contributed by atoms with Gasteiger partial charge in [0.15, 0.2) is 5.96 Å². The number of carboxylic acid groups (broad SMARTS) is 1. The number of amides is 3. The van der Waals surface area contributed by atoms with E-state index in [1.165, 1.54) is 0 Å². The molecule has 0 spiro atoms. The number of hydrogen-bond donors (Lipinski definition) is 8. The summed E-state index contributed by atoms with van der Waals surface area (Å²) in [6.07, 6.45) is 0.974. The molecular formula is C24H39N7O6. The van der Waals surface area contributed by atoms with E-state index >= 15 is 0 Å². The highest BCUT2D eigenvalue weighted by Gasteiger charge is 2.32. The molecule has 0 radical (unpaired) electrons. The Kier molecular flexibility index (Phi) is 13.6. The number of hydrogen-bond acceptors (Lipinski definition) is 7. The van der Waals surface area contributed by atoms with Gasteiger partial charge in [-0.15, -0.1) is 0 Å². The van der Waals surface area contributed by atoms with Gasteiger partial charge in [0.05, 0.1) is 6.61 Å². The molecule has 5 atom stereocenters. The Hall–Kier alpha value is -3.71. The Labute approximate surface area is 216 Å². The maximum atomic E-state index is 13.2. The summed E-state index contributed by atoms with van der Waals surface area (Å²) in [4.78, 5) is 54.2. The summed E-state index contributed by atoms with van der Waals surface area (Å²) in [5, 5.41) is 26.4. The fourth-order valence-electron chi connectivity index (χ4n) is 3.40. The molecule has 1 aromatic carbocycles. The number of aliphatic hydroxyl groups is 1. The van der Waals surface area contributed by atoms with Crippen molar-refractivity contribution in [2.45, 2.75) is 63.7 Å². The minimum atomic E-state index is -1.24. The molecule has 5 unspecified atom stereocenters. The Morgan fingerprint density at radius 3 is 2.14 bits per heavy atom. The van der Waals surface area contributed by atoms with Crippen LogP contribution >= 0.6 is 0 Å². The van der Waals surface area contributed by atoms with E-state index in [1.807, 2.05) is 6.92 Å². The van der Waals surface area contributed by atoms with Gasteiger partial charge >= 0.3 is 5.97 Å². The van der Waals surface area contributed by atoms with E-state index < -0.39 is 54.5 Å². The molecule has 0 saturated carbocycles. The predicted molar refractivity (Wildman–Crippen MR) is 138 cm³/mol. The van der Waals surface area contributed by atoms with Crippen molar-refractivity contribution in [2.75, 3.05) is 13.2 Å². The lowest BCUT2D eigenvalue weighted by molar-refractivity contribution is -0.142. The number of nitrogens with one attached hydrogen (secondary N) is 3. The number of carbonyl (C=O) groups excluding carboxylic acids is 3. The van der Waals surface area contributed by atoms with Crippen molar-refractivity contribution in [3.8, 4) is 0 Å². The second-order valence-corrected chi connectivity index (χ2v) is 8.76. The lowest BCUT2D eigenvalue weighted by atomic mass is 9.96. The molecule has 206 valence electrons. The van der Waals surface area contributed by atoms with Gasteiger partial charge < -0.3 is 43.4 Å². The molecule has 13 nitrogen and oxygen atoms in total. The van der Waals surface area contributed by atoms with Gasteiger partial charge in [0.2, 0.25) is 17.7 Å². The lowest BCUT2D eigenvalue weighted by Gasteiger charge is -2.28. The highest BCUT2D eigenvalue weighted by atomic mass is 16.4. The van der Waals surface area contributed by atoms with Crippen LogP contribution in [0.3, 0.4) is 0 Å². The number of aliphatic imine (C=N–C) groups is 1. The summed E-state index contributed by atoms with van der Waals surface area (Å²) in [6, 6.07) is 4.27. The van der Waals surface area contributed by atoms with Crippen molar-refractivity contribution in [3.05, 3.63) is 35.9 Å². The SMILES string of the molecule is CCC(C)C(NC(=O)C(N)CO)C(=O)NC(Cc1ccccc1)C(=O)NC(CCCN=C(N)N)C(=O)O. The standard InChI is InChI=1S/C24H39N7O6/c1-3-14(2)19(31-20(33)16(25)13-32)22(35)30-18(12-15-8-5-4-6-9-15)21(34)29-17(23(36)37)10-7-11-28-24(26)27/h4-6,8-9,14,16-19,32H,3,7,10-13,25H2,1-2H3,(H,29,34)(H,30,35)(H,31,33)(H,36,37)(H4,26,27,28). The van der Waals surface area contributed by atoms with E-state index in [2.05, 4.69) is 20.9 Å². The largest absolute Gasteiger partial charge is 0.480 e. The maximum Gasteiger partial charge on any atom is 0.326 e. The third kappa shape index (κ3) is 11.3. The van der Waals surface area contributed by atoms with Crippen molar-refractivity contribution in [1.82, 2.24) is 16.0 Å². The Bertz CT molecular complexity index is 923. The smallest absolute Gasteiger partial charge is 0.326 e. The second kappa shape index (κ2) is 16.1. The van der Waals surface area contributed by atoms with E-state index in [-0.39, 0.29) is 31.3 Å². The van der Waals surface area contributed by atoms with Crippen LogP contribution in [0.1, 0.15) is 38.7 Å². The first kappa shape index (κ1) is 31.3. The first-order valence-electron chi connectivity index (χ1n) is 12.1.